The standard InChI is InChI=1S/C17H31N3/c18-13-17(9-10-19(14-17)15-3-4-15)20-11-7-16(8-12-20)5-1-2-6-16/h15H,1-14,18H2. The Kier molecular flexibility index (Phi) is 3.36. The van der Waals surface area contributed by atoms with E-state index >= 15 is 0 Å². The number of piperidine rings is 1. The van der Waals surface area contributed by atoms with E-state index in [2.05, 4.69) is 9.80 Å². The summed E-state index contributed by atoms with van der Waals surface area (Å²) >= 11 is 0. The molecule has 4 fully saturated rings. The Morgan fingerprint density at radius 2 is 1.60 bits per heavy atom. The molecule has 114 valence electrons. The van der Waals surface area contributed by atoms with Gasteiger partial charge in [0.2, 0.25) is 0 Å². The molecule has 2 aliphatic heterocycles. The van der Waals surface area contributed by atoms with E-state index in [4.69, 9.17) is 5.73 Å². The van der Waals surface area contributed by atoms with Crippen LogP contribution < -0.4 is 5.73 Å². The summed E-state index contributed by atoms with van der Waals surface area (Å²) in [7, 11) is 0. The Morgan fingerprint density at radius 3 is 2.20 bits per heavy atom. The smallest absolute Gasteiger partial charge is 0.0470 e. The molecule has 0 radical (unpaired) electrons. The van der Waals surface area contributed by atoms with E-state index < -0.39 is 0 Å². The topological polar surface area (TPSA) is 32.5 Å². The molecular weight excluding hydrogens is 246 g/mol. The predicted octanol–water partition coefficient (Wildman–Crippen LogP) is 2.21. The van der Waals surface area contributed by atoms with Crippen molar-refractivity contribution in [2.24, 2.45) is 11.1 Å². The normalized spacial score (nSPS) is 38.9. The fourth-order valence-corrected chi connectivity index (χ4v) is 5.27. The Labute approximate surface area is 123 Å². The molecule has 1 atom stereocenters. The van der Waals surface area contributed by atoms with Crippen LogP contribution in [0.2, 0.25) is 0 Å². The molecule has 20 heavy (non-hydrogen) atoms. The van der Waals surface area contributed by atoms with E-state index in [9.17, 15) is 0 Å². The van der Waals surface area contributed by atoms with Crippen molar-refractivity contribution in [3.05, 3.63) is 0 Å². The third-order valence-corrected chi connectivity index (χ3v) is 6.96. The first-order valence-corrected chi connectivity index (χ1v) is 8.95. The molecule has 4 aliphatic rings. The lowest BCUT2D eigenvalue weighted by Gasteiger charge is -2.48. The molecular formula is C17H31N3. The van der Waals surface area contributed by atoms with Gasteiger partial charge < -0.3 is 5.73 Å². The lowest BCUT2D eigenvalue weighted by atomic mass is 9.75. The number of hydrogen-bond donors (Lipinski definition) is 1. The van der Waals surface area contributed by atoms with Crippen LogP contribution in [-0.2, 0) is 0 Å². The molecule has 2 heterocycles. The Hall–Kier alpha value is -0.120. The van der Waals surface area contributed by atoms with Gasteiger partial charge in [0.05, 0.1) is 0 Å². The summed E-state index contributed by atoms with van der Waals surface area (Å²) in [5, 5.41) is 0. The molecule has 0 aromatic heterocycles. The zero-order chi connectivity index (χ0) is 13.6. The number of likely N-dealkylation sites (tertiary alicyclic amines) is 2. The zero-order valence-corrected chi connectivity index (χ0v) is 12.9. The largest absolute Gasteiger partial charge is 0.329 e. The van der Waals surface area contributed by atoms with Gasteiger partial charge in [-0.25, -0.2) is 0 Å². The Balaban J connectivity index is 1.41. The molecule has 0 bridgehead atoms. The van der Waals surface area contributed by atoms with Crippen LogP contribution in [0.3, 0.4) is 0 Å². The van der Waals surface area contributed by atoms with Crippen molar-refractivity contribution in [2.45, 2.75) is 69.4 Å². The van der Waals surface area contributed by atoms with Crippen molar-refractivity contribution in [3.63, 3.8) is 0 Å². The molecule has 0 amide bonds. The van der Waals surface area contributed by atoms with E-state index in [-0.39, 0.29) is 0 Å². The SMILES string of the molecule is NCC1(N2CCC3(CCCC3)CC2)CCN(C2CC2)C1. The molecule has 0 aromatic carbocycles. The molecule has 3 nitrogen and oxygen atoms in total. The summed E-state index contributed by atoms with van der Waals surface area (Å²) in [6, 6.07) is 0.911. The highest BCUT2D eigenvalue weighted by Crippen LogP contribution is 2.48. The lowest BCUT2D eigenvalue weighted by molar-refractivity contribution is 0.0259. The molecule has 4 rings (SSSR count). The van der Waals surface area contributed by atoms with Crippen LogP contribution in [0.4, 0.5) is 0 Å². The lowest BCUT2D eigenvalue weighted by Crippen LogP contribution is -2.58. The number of hydrogen-bond acceptors (Lipinski definition) is 3. The van der Waals surface area contributed by atoms with E-state index in [1.807, 2.05) is 0 Å². The highest BCUT2D eigenvalue weighted by Gasteiger charge is 2.48. The van der Waals surface area contributed by atoms with Gasteiger partial charge in [-0.15, -0.1) is 0 Å². The second-order valence-corrected chi connectivity index (χ2v) is 8.07. The van der Waals surface area contributed by atoms with E-state index in [0.717, 1.165) is 18.0 Å². The minimum absolute atomic E-state index is 0.322. The molecule has 3 heteroatoms. The predicted molar refractivity (Wildman–Crippen MR) is 82.7 cm³/mol. The van der Waals surface area contributed by atoms with Gasteiger partial charge in [-0.2, -0.15) is 0 Å². The quantitative estimate of drug-likeness (QED) is 0.858. The van der Waals surface area contributed by atoms with Crippen LogP contribution >= 0.6 is 0 Å². The maximum Gasteiger partial charge on any atom is 0.0470 e. The molecule has 0 aromatic rings. The minimum Gasteiger partial charge on any atom is -0.329 e. The minimum atomic E-state index is 0.322. The van der Waals surface area contributed by atoms with Crippen molar-refractivity contribution in [1.82, 2.24) is 9.80 Å². The third-order valence-electron chi connectivity index (χ3n) is 6.96. The van der Waals surface area contributed by atoms with Crippen molar-refractivity contribution >= 4 is 0 Å². The molecule has 2 N–H and O–H groups in total. The average Bonchev–Trinajstić information content (AvgIpc) is 3.09. The highest BCUT2D eigenvalue weighted by atomic mass is 15.3. The molecule has 2 aliphatic carbocycles. The summed E-state index contributed by atoms with van der Waals surface area (Å²) < 4.78 is 0. The molecule has 2 saturated carbocycles. The Bertz CT molecular complexity index is 349. The highest BCUT2D eigenvalue weighted by molar-refractivity contribution is 5.05. The van der Waals surface area contributed by atoms with E-state index in [0.29, 0.717) is 5.54 Å². The number of rotatable bonds is 3. The van der Waals surface area contributed by atoms with Gasteiger partial charge in [-0.1, -0.05) is 12.8 Å². The Morgan fingerprint density at radius 1 is 0.900 bits per heavy atom. The van der Waals surface area contributed by atoms with Crippen LogP contribution in [0, 0.1) is 5.41 Å². The summed E-state index contributed by atoms with van der Waals surface area (Å²) in [5.41, 5.74) is 7.32. The second kappa shape index (κ2) is 4.96. The van der Waals surface area contributed by atoms with Gasteiger partial charge in [0.15, 0.2) is 0 Å². The van der Waals surface area contributed by atoms with Crippen LogP contribution in [0.25, 0.3) is 0 Å². The summed E-state index contributed by atoms with van der Waals surface area (Å²) in [5.74, 6) is 0. The maximum atomic E-state index is 6.26. The summed E-state index contributed by atoms with van der Waals surface area (Å²) in [6.07, 6.45) is 13.0. The summed E-state index contributed by atoms with van der Waals surface area (Å²) in [6.45, 7) is 6.04. The van der Waals surface area contributed by atoms with Gasteiger partial charge in [-0.05, 0) is 63.5 Å². The van der Waals surface area contributed by atoms with Gasteiger partial charge in [0.25, 0.3) is 0 Å². The third kappa shape index (κ3) is 2.22. The van der Waals surface area contributed by atoms with Crippen molar-refractivity contribution in [1.29, 1.82) is 0 Å². The molecule has 2 saturated heterocycles. The van der Waals surface area contributed by atoms with Gasteiger partial charge in [0, 0.05) is 31.2 Å². The van der Waals surface area contributed by atoms with Crippen LogP contribution in [0.15, 0.2) is 0 Å². The van der Waals surface area contributed by atoms with Gasteiger partial charge in [0.1, 0.15) is 0 Å². The first kappa shape index (κ1) is 13.5. The molecule has 1 spiro atoms. The first-order valence-electron chi connectivity index (χ1n) is 8.95. The van der Waals surface area contributed by atoms with Gasteiger partial charge in [-0.3, -0.25) is 9.80 Å². The van der Waals surface area contributed by atoms with E-state index in [1.165, 1.54) is 84.0 Å². The first-order chi connectivity index (χ1) is 9.75. The van der Waals surface area contributed by atoms with E-state index in [1.54, 1.807) is 0 Å². The van der Waals surface area contributed by atoms with Crippen molar-refractivity contribution in [3.8, 4) is 0 Å². The van der Waals surface area contributed by atoms with Crippen LogP contribution in [0.1, 0.15) is 57.8 Å². The average molecular weight is 277 g/mol. The van der Waals surface area contributed by atoms with Crippen molar-refractivity contribution < 1.29 is 0 Å². The summed E-state index contributed by atoms with van der Waals surface area (Å²) in [4.78, 5) is 5.52. The van der Waals surface area contributed by atoms with Gasteiger partial charge >= 0.3 is 0 Å². The fourth-order valence-electron chi connectivity index (χ4n) is 5.27. The van der Waals surface area contributed by atoms with Crippen LogP contribution in [-0.4, -0.2) is 54.1 Å². The van der Waals surface area contributed by atoms with Crippen LogP contribution in [0.5, 0.6) is 0 Å². The monoisotopic (exact) mass is 277 g/mol. The van der Waals surface area contributed by atoms with Crippen molar-refractivity contribution in [2.75, 3.05) is 32.7 Å². The number of nitrogens with zero attached hydrogens (tertiary/aromatic N) is 2. The maximum absolute atomic E-state index is 6.26. The second-order valence-electron chi connectivity index (χ2n) is 8.07. The zero-order valence-electron chi connectivity index (χ0n) is 12.9. The fraction of sp³-hybridized carbons (Fsp3) is 1.00. The molecule has 1 unspecified atom stereocenters. The number of nitrogens with two attached hydrogens (primary N) is 1.